The molecule has 2 aromatic rings. The molecule has 0 aliphatic carbocycles. The number of nitrogens with zero attached hydrogens (tertiary/aromatic N) is 1. The molecule has 0 fully saturated rings. The van der Waals surface area contributed by atoms with Crippen LogP contribution in [-0.4, -0.2) is 16.2 Å². The standard InChI is InChI=1S/C13H15N3/c1-2-10(8-14)13-15-9-12(16-13)11-6-4-3-5-7-11/h3-10,14H,2H2,1H3,(H,15,16)/t10-/m0/s1. The Hall–Kier alpha value is -1.90. The van der Waals surface area contributed by atoms with Crippen LogP contribution in [-0.2, 0) is 0 Å². The predicted octanol–water partition coefficient (Wildman–Crippen LogP) is 3.22. The lowest BCUT2D eigenvalue weighted by atomic mass is 10.1. The van der Waals surface area contributed by atoms with Gasteiger partial charge in [0.1, 0.15) is 5.82 Å². The lowest BCUT2D eigenvalue weighted by Gasteiger charge is -2.03. The van der Waals surface area contributed by atoms with Crippen LogP contribution in [0.4, 0.5) is 0 Å². The third-order valence-corrected chi connectivity index (χ3v) is 2.67. The second kappa shape index (κ2) is 4.75. The van der Waals surface area contributed by atoms with E-state index in [0.29, 0.717) is 0 Å². The molecule has 0 unspecified atom stereocenters. The number of aromatic nitrogens is 2. The van der Waals surface area contributed by atoms with Gasteiger partial charge in [-0.2, -0.15) is 0 Å². The smallest absolute Gasteiger partial charge is 0.114 e. The molecule has 0 aliphatic rings. The van der Waals surface area contributed by atoms with E-state index in [9.17, 15) is 0 Å². The fourth-order valence-electron chi connectivity index (χ4n) is 1.68. The summed E-state index contributed by atoms with van der Waals surface area (Å²) in [4.78, 5) is 7.60. The lowest BCUT2D eigenvalue weighted by molar-refractivity contribution is 0.798. The van der Waals surface area contributed by atoms with Crippen molar-refractivity contribution < 1.29 is 0 Å². The molecule has 3 heteroatoms. The van der Waals surface area contributed by atoms with Gasteiger partial charge in [-0.1, -0.05) is 37.3 Å². The van der Waals surface area contributed by atoms with E-state index in [4.69, 9.17) is 5.41 Å². The van der Waals surface area contributed by atoms with Gasteiger partial charge in [0, 0.05) is 6.21 Å². The minimum atomic E-state index is 0.0949. The van der Waals surface area contributed by atoms with Gasteiger partial charge < -0.3 is 10.4 Å². The van der Waals surface area contributed by atoms with Crippen molar-refractivity contribution in [1.29, 1.82) is 5.41 Å². The van der Waals surface area contributed by atoms with E-state index in [1.807, 2.05) is 36.5 Å². The highest BCUT2D eigenvalue weighted by atomic mass is 14.9. The van der Waals surface area contributed by atoms with Gasteiger partial charge in [0.2, 0.25) is 0 Å². The molecule has 1 aromatic carbocycles. The van der Waals surface area contributed by atoms with E-state index >= 15 is 0 Å². The number of aromatic amines is 1. The van der Waals surface area contributed by atoms with Gasteiger partial charge in [-0.15, -0.1) is 0 Å². The molecular weight excluding hydrogens is 198 g/mol. The van der Waals surface area contributed by atoms with E-state index in [2.05, 4.69) is 16.9 Å². The number of rotatable bonds is 4. The molecule has 0 saturated carbocycles. The van der Waals surface area contributed by atoms with Crippen LogP contribution < -0.4 is 0 Å². The summed E-state index contributed by atoms with van der Waals surface area (Å²) in [6.45, 7) is 2.06. The summed E-state index contributed by atoms with van der Waals surface area (Å²) >= 11 is 0. The van der Waals surface area contributed by atoms with E-state index < -0.39 is 0 Å². The van der Waals surface area contributed by atoms with Gasteiger partial charge in [-0.05, 0) is 12.0 Å². The van der Waals surface area contributed by atoms with Gasteiger partial charge in [-0.25, -0.2) is 4.98 Å². The number of benzene rings is 1. The molecule has 2 N–H and O–H groups in total. The second-order valence-electron chi connectivity index (χ2n) is 3.73. The molecule has 0 bridgehead atoms. The Morgan fingerprint density at radius 3 is 2.75 bits per heavy atom. The highest BCUT2D eigenvalue weighted by molar-refractivity contribution is 5.64. The maximum Gasteiger partial charge on any atom is 0.114 e. The first-order valence-electron chi connectivity index (χ1n) is 5.46. The molecule has 2 rings (SSSR count). The predicted molar refractivity (Wildman–Crippen MR) is 65.8 cm³/mol. The van der Waals surface area contributed by atoms with Crippen molar-refractivity contribution in [3.05, 3.63) is 42.4 Å². The first kappa shape index (κ1) is 10.6. The van der Waals surface area contributed by atoms with Crippen LogP contribution in [0.15, 0.2) is 36.5 Å². The topological polar surface area (TPSA) is 52.5 Å². The zero-order valence-electron chi connectivity index (χ0n) is 9.27. The number of nitrogens with one attached hydrogen (secondary N) is 2. The SMILES string of the molecule is CC[C@@H](C=N)c1ncc(-c2ccccc2)[nH]1. The monoisotopic (exact) mass is 213 g/mol. The van der Waals surface area contributed by atoms with Crippen molar-refractivity contribution in [2.45, 2.75) is 19.3 Å². The maximum absolute atomic E-state index is 7.33. The molecular formula is C13H15N3. The fourth-order valence-corrected chi connectivity index (χ4v) is 1.68. The minimum Gasteiger partial charge on any atom is -0.341 e. The van der Waals surface area contributed by atoms with Crippen molar-refractivity contribution in [3.8, 4) is 11.3 Å². The quantitative estimate of drug-likeness (QED) is 0.753. The molecule has 0 saturated heterocycles. The molecule has 0 amide bonds. The summed E-state index contributed by atoms with van der Waals surface area (Å²) in [5.74, 6) is 0.966. The largest absolute Gasteiger partial charge is 0.341 e. The van der Waals surface area contributed by atoms with Crippen LogP contribution >= 0.6 is 0 Å². The summed E-state index contributed by atoms with van der Waals surface area (Å²) in [6.07, 6.45) is 4.16. The summed E-state index contributed by atoms with van der Waals surface area (Å²) in [7, 11) is 0. The molecule has 82 valence electrons. The second-order valence-corrected chi connectivity index (χ2v) is 3.73. The normalized spacial score (nSPS) is 12.3. The Kier molecular flexibility index (Phi) is 3.15. The molecule has 0 radical (unpaired) electrons. The van der Waals surface area contributed by atoms with Crippen molar-refractivity contribution >= 4 is 6.21 Å². The summed E-state index contributed by atoms with van der Waals surface area (Å²) in [5, 5.41) is 7.33. The minimum absolute atomic E-state index is 0.0949. The Labute approximate surface area is 95.1 Å². The maximum atomic E-state index is 7.33. The Balaban J connectivity index is 2.29. The lowest BCUT2D eigenvalue weighted by Crippen LogP contribution is -2.00. The third kappa shape index (κ3) is 2.03. The van der Waals surface area contributed by atoms with Gasteiger partial charge in [0.15, 0.2) is 0 Å². The number of hydrogen-bond acceptors (Lipinski definition) is 2. The van der Waals surface area contributed by atoms with E-state index in [0.717, 1.165) is 23.5 Å². The first-order chi connectivity index (χ1) is 7.85. The van der Waals surface area contributed by atoms with E-state index in [1.54, 1.807) is 0 Å². The van der Waals surface area contributed by atoms with Crippen LogP contribution in [0.1, 0.15) is 25.1 Å². The molecule has 1 atom stereocenters. The van der Waals surface area contributed by atoms with Crippen LogP contribution in [0, 0.1) is 5.41 Å². The molecule has 1 aromatic heterocycles. The summed E-state index contributed by atoms with van der Waals surface area (Å²) in [6, 6.07) is 10.1. The summed E-state index contributed by atoms with van der Waals surface area (Å²) in [5.41, 5.74) is 2.14. The first-order valence-corrected chi connectivity index (χ1v) is 5.46. The highest BCUT2D eigenvalue weighted by Crippen LogP contribution is 2.20. The molecule has 0 aliphatic heterocycles. The Morgan fingerprint density at radius 1 is 1.38 bits per heavy atom. The van der Waals surface area contributed by atoms with Crippen LogP contribution in [0.5, 0.6) is 0 Å². The van der Waals surface area contributed by atoms with E-state index in [1.165, 1.54) is 6.21 Å². The highest BCUT2D eigenvalue weighted by Gasteiger charge is 2.10. The molecule has 16 heavy (non-hydrogen) atoms. The fraction of sp³-hybridized carbons (Fsp3) is 0.231. The molecule has 0 spiro atoms. The zero-order valence-corrected chi connectivity index (χ0v) is 9.27. The molecule has 3 nitrogen and oxygen atoms in total. The van der Waals surface area contributed by atoms with Crippen molar-refractivity contribution in [1.82, 2.24) is 9.97 Å². The van der Waals surface area contributed by atoms with Crippen LogP contribution in [0.25, 0.3) is 11.3 Å². The van der Waals surface area contributed by atoms with Gasteiger partial charge in [0.25, 0.3) is 0 Å². The summed E-state index contributed by atoms with van der Waals surface area (Å²) < 4.78 is 0. The molecule has 1 heterocycles. The van der Waals surface area contributed by atoms with Crippen molar-refractivity contribution in [2.75, 3.05) is 0 Å². The third-order valence-electron chi connectivity index (χ3n) is 2.67. The Morgan fingerprint density at radius 2 is 2.12 bits per heavy atom. The van der Waals surface area contributed by atoms with E-state index in [-0.39, 0.29) is 5.92 Å². The average Bonchev–Trinajstić information content (AvgIpc) is 2.81. The van der Waals surface area contributed by atoms with Gasteiger partial charge >= 0.3 is 0 Å². The van der Waals surface area contributed by atoms with Gasteiger partial charge in [-0.3, -0.25) is 0 Å². The Bertz CT molecular complexity index is 459. The number of H-pyrrole nitrogens is 1. The van der Waals surface area contributed by atoms with Crippen LogP contribution in [0.2, 0.25) is 0 Å². The number of imidazole rings is 1. The zero-order chi connectivity index (χ0) is 11.4. The average molecular weight is 213 g/mol. The van der Waals surface area contributed by atoms with Crippen LogP contribution in [0.3, 0.4) is 0 Å². The van der Waals surface area contributed by atoms with Crippen molar-refractivity contribution in [3.63, 3.8) is 0 Å². The van der Waals surface area contributed by atoms with Gasteiger partial charge in [0.05, 0.1) is 17.8 Å². The number of hydrogen-bond donors (Lipinski definition) is 2. The van der Waals surface area contributed by atoms with Crippen molar-refractivity contribution in [2.24, 2.45) is 0 Å².